The number of hydrogen-bond donors (Lipinski definition) is 2. The molecule has 0 radical (unpaired) electrons. The molecule has 2 N–H and O–H groups in total. The van der Waals surface area contributed by atoms with E-state index >= 15 is 0 Å². The molecule has 0 aliphatic rings. The number of aliphatic carboxylic acids is 1. The van der Waals surface area contributed by atoms with Crippen LogP contribution < -0.4 is 5.32 Å². The number of urea groups is 1. The van der Waals surface area contributed by atoms with Crippen molar-refractivity contribution in [2.45, 2.75) is 46.1 Å². The zero-order valence-electron chi connectivity index (χ0n) is 13.4. The monoisotopic (exact) mass is 301 g/mol. The van der Waals surface area contributed by atoms with E-state index in [0.717, 1.165) is 12.8 Å². The maximum atomic E-state index is 11.9. The number of carboxylic acid groups (broad SMARTS) is 1. The highest BCUT2D eigenvalue weighted by Crippen LogP contribution is 2.02. The van der Waals surface area contributed by atoms with Gasteiger partial charge in [0.2, 0.25) is 5.91 Å². The van der Waals surface area contributed by atoms with Crippen molar-refractivity contribution in [3.05, 3.63) is 0 Å². The number of nitrogens with zero attached hydrogens (tertiary/aromatic N) is 2. The van der Waals surface area contributed by atoms with Gasteiger partial charge in [0, 0.05) is 20.1 Å². The molecular formula is C14H27N3O4. The summed E-state index contributed by atoms with van der Waals surface area (Å²) in [5, 5.41) is 11.5. The number of unbranched alkanes of at least 4 members (excludes halogenated alkanes) is 1. The minimum atomic E-state index is -1.06. The van der Waals surface area contributed by atoms with Crippen LogP contribution in [0.3, 0.4) is 0 Å². The van der Waals surface area contributed by atoms with E-state index in [1.54, 1.807) is 4.90 Å². The van der Waals surface area contributed by atoms with Crippen molar-refractivity contribution < 1.29 is 19.5 Å². The first-order valence-electron chi connectivity index (χ1n) is 7.39. The first kappa shape index (κ1) is 19.2. The molecule has 0 aromatic rings. The Hall–Kier alpha value is -1.79. The number of carbonyl (C=O) groups is 3. The number of rotatable bonds is 9. The maximum absolute atomic E-state index is 11.9. The van der Waals surface area contributed by atoms with Gasteiger partial charge in [-0.3, -0.25) is 4.79 Å². The van der Waals surface area contributed by atoms with Crippen molar-refractivity contribution in [1.29, 1.82) is 0 Å². The molecular weight excluding hydrogens is 274 g/mol. The van der Waals surface area contributed by atoms with Crippen molar-refractivity contribution in [1.82, 2.24) is 15.1 Å². The van der Waals surface area contributed by atoms with Crippen LogP contribution >= 0.6 is 0 Å². The molecule has 7 nitrogen and oxygen atoms in total. The van der Waals surface area contributed by atoms with Crippen molar-refractivity contribution >= 4 is 17.9 Å². The Morgan fingerprint density at radius 1 is 1.14 bits per heavy atom. The average Bonchev–Trinajstić information content (AvgIpc) is 2.43. The van der Waals surface area contributed by atoms with Gasteiger partial charge in [0.25, 0.3) is 0 Å². The molecule has 0 heterocycles. The Labute approximate surface area is 126 Å². The Balaban J connectivity index is 4.48. The van der Waals surface area contributed by atoms with Crippen LogP contribution in [-0.4, -0.2) is 65.5 Å². The number of carboxylic acids is 1. The molecule has 0 saturated carbocycles. The van der Waals surface area contributed by atoms with Crippen LogP contribution in [0, 0.1) is 0 Å². The molecule has 3 amide bonds. The van der Waals surface area contributed by atoms with Crippen LogP contribution in [0.2, 0.25) is 0 Å². The van der Waals surface area contributed by atoms with Gasteiger partial charge in [-0.2, -0.15) is 0 Å². The molecule has 0 aromatic carbocycles. The van der Waals surface area contributed by atoms with E-state index in [9.17, 15) is 14.4 Å². The van der Waals surface area contributed by atoms with Crippen LogP contribution in [0.1, 0.15) is 40.0 Å². The number of likely N-dealkylation sites (N-methyl/N-ethyl adjacent to an activating group) is 2. The minimum Gasteiger partial charge on any atom is -0.480 e. The lowest BCUT2D eigenvalue weighted by atomic mass is 10.1. The molecule has 0 aliphatic carbocycles. The summed E-state index contributed by atoms with van der Waals surface area (Å²) in [6.45, 7) is 6.79. The summed E-state index contributed by atoms with van der Waals surface area (Å²) in [7, 11) is 1.48. The van der Waals surface area contributed by atoms with E-state index in [0.29, 0.717) is 19.5 Å². The summed E-state index contributed by atoms with van der Waals surface area (Å²) in [5.74, 6) is -1.21. The molecule has 0 aliphatic heterocycles. The minimum absolute atomic E-state index is 0.0619. The van der Waals surface area contributed by atoms with Gasteiger partial charge in [0.15, 0.2) is 0 Å². The van der Waals surface area contributed by atoms with Gasteiger partial charge in [-0.15, -0.1) is 0 Å². The summed E-state index contributed by atoms with van der Waals surface area (Å²) < 4.78 is 0. The lowest BCUT2D eigenvalue weighted by molar-refractivity contribution is -0.139. The van der Waals surface area contributed by atoms with E-state index in [1.165, 1.54) is 11.9 Å². The SMILES string of the molecule is CCCC[C@H](NC(=O)N(C)CC(=O)N(CC)CC)C(=O)O. The maximum Gasteiger partial charge on any atom is 0.326 e. The third kappa shape index (κ3) is 6.97. The second-order valence-corrected chi connectivity index (χ2v) is 4.90. The molecule has 122 valence electrons. The van der Waals surface area contributed by atoms with E-state index in [2.05, 4.69) is 5.32 Å². The van der Waals surface area contributed by atoms with Crippen molar-refractivity contribution in [3.63, 3.8) is 0 Å². The predicted molar refractivity (Wildman–Crippen MR) is 80.0 cm³/mol. The van der Waals surface area contributed by atoms with Gasteiger partial charge in [-0.05, 0) is 20.3 Å². The van der Waals surface area contributed by atoms with E-state index < -0.39 is 18.0 Å². The third-order valence-corrected chi connectivity index (χ3v) is 3.28. The van der Waals surface area contributed by atoms with Crippen molar-refractivity contribution in [2.24, 2.45) is 0 Å². The lowest BCUT2D eigenvalue weighted by Crippen LogP contribution is -2.49. The molecule has 21 heavy (non-hydrogen) atoms. The van der Waals surface area contributed by atoms with Crippen LogP contribution in [0.15, 0.2) is 0 Å². The first-order valence-corrected chi connectivity index (χ1v) is 7.39. The molecule has 7 heteroatoms. The van der Waals surface area contributed by atoms with Crippen LogP contribution in [0.5, 0.6) is 0 Å². The zero-order valence-corrected chi connectivity index (χ0v) is 13.4. The molecule has 0 rings (SSSR count). The summed E-state index contributed by atoms with van der Waals surface area (Å²) in [6.07, 6.45) is 1.96. The highest BCUT2D eigenvalue weighted by Gasteiger charge is 2.22. The van der Waals surface area contributed by atoms with Gasteiger partial charge in [0.05, 0.1) is 0 Å². The van der Waals surface area contributed by atoms with Gasteiger partial charge >= 0.3 is 12.0 Å². The number of nitrogens with one attached hydrogen (secondary N) is 1. The molecule has 1 atom stereocenters. The van der Waals surface area contributed by atoms with E-state index in [4.69, 9.17) is 5.11 Å². The second-order valence-electron chi connectivity index (χ2n) is 4.90. The fraction of sp³-hybridized carbons (Fsp3) is 0.786. The van der Waals surface area contributed by atoms with Crippen LogP contribution in [-0.2, 0) is 9.59 Å². The summed E-state index contributed by atoms with van der Waals surface area (Å²) in [4.78, 5) is 37.7. The predicted octanol–water partition coefficient (Wildman–Crippen LogP) is 1.14. The standard InChI is InChI=1S/C14H27N3O4/c1-5-8-9-11(13(19)20)15-14(21)16(4)10-12(18)17(6-2)7-3/h11H,5-10H2,1-4H3,(H,15,21)(H,19,20)/t11-/m0/s1. The third-order valence-electron chi connectivity index (χ3n) is 3.28. The summed E-state index contributed by atoms with van der Waals surface area (Å²) >= 11 is 0. The molecule has 0 bridgehead atoms. The molecule has 0 aromatic heterocycles. The highest BCUT2D eigenvalue weighted by molar-refractivity contribution is 5.86. The largest absolute Gasteiger partial charge is 0.480 e. The quantitative estimate of drug-likeness (QED) is 0.668. The van der Waals surface area contributed by atoms with Gasteiger partial charge in [-0.25, -0.2) is 9.59 Å². The van der Waals surface area contributed by atoms with Crippen molar-refractivity contribution in [2.75, 3.05) is 26.7 Å². The van der Waals surface area contributed by atoms with Gasteiger partial charge < -0.3 is 20.2 Å². The molecule has 0 saturated heterocycles. The molecule has 0 spiro atoms. The summed E-state index contributed by atoms with van der Waals surface area (Å²) in [5.41, 5.74) is 0. The number of hydrogen-bond acceptors (Lipinski definition) is 3. The second kappa shape index (κ2) is 10.0. The first-order chi connectivity index (χ1) is 9.87. The fourth-order valence-electron chi connectivity index (χ4n) is 1.88. The average molecular weight is 301 g/mol. The van der Waals surface area contributed by atoms with E-state index in [-0.39, 0.29) is 12.5 Å². The smallest absolute Gasteiger partial charge is 0.326 e. The van der Waals surface area contributed by atoms with Crippen molar-refractivity contribution in [3.8, 4) is 0 Å². The Kier molecular flexibility index (Phi) is 9.16. The Morgan fingerprint density at radius 3 is 2.14 bits per heavy atom. The Bertz CT molecular complexity index is 356. The molecule has 0 fully saturated rings. The summed E-state index contributed by atoms with van der Waals surface area (Å²) in [6, 6.07) is -1.46. The topological polar surface area (TPSA) is 90.0 Å². The van der Waals surface area contributed by atoms with E-state index in [1.807, 2.05) is 20.8 Å². The Morgan fingerprint density at radius 2 is 1.71 bits per heavy atom. The van der Waals surface area contributed by atoms with Crippen LogP contribution in [0.4, 0.5) is 4.79 Å². The highest BCUT2D eigenvalue weighted by atomic mass is 16.4. The van der Waals surface area contributed by atoms with Crippen LogP contribution in [0.25, 0.3) is 0 Å². The normalized spacial score (nSPS) is 11.6. The fourth-order valence-corrected chi connectivity index (χ4v) is 1.88. The number of carbonyl (C=O) groups excluding carboxylic acids is 2. The lowest BCUT2D eigenvalue weighted by Gasteiger charge is -2.24. The molecule has 0 unspecified atom stereocenters. The van der Waals surface area contributed by atoms with Gasteiger partial charge in [-0.1, -0.05) is 19.8 Å². The number of amides is 3. The zero-order chi connectivity index (χ0) is 16.4. The van der Waals surface area contributed by atoms with Gasteiger partial charge in [0.1, 0.15) is 12.6 Å².